The highest BCUT2D eigenvalue weighted by Crippen LogP contribution is 2.25. The van der Waals surface area contributed by atoms with E-state index in [2.05, 4.69) is 15.5 Å². The van der Waals surface area contributed by atoms with E-state index in [1.807, 2.05) is 24.3 Å². The molecule has 1 aliphatic rings. The summed E-state index contributed by atoms with van der Waals surface area (Å²) in [6.45, 7) is 1.02. The average molecular weight is 264 g/mol. The van der Waals surface area contributed by atoms with Gasteiger partial charge >= 0.3 is 0 Å². The topological polar surface area (TPSA) is 51.0 Å². The summed E-state index contributed by atoms with van der Waals surface area (Å²) in [6.07, 6.45) is 3.48. The van der Waals surface area contributed by atoms with Crippen molar-refractivity contribution in [2.75, 3.05) is 6.54 Å². The van der Waals surface area contributed by atoms with E-state index in [1.54, 1.807) is 0 Å². The molecule has 0 amide bonds. The molecule has 1 N–H and O–H groups in total. The maximum Gasteiger partial charge on any atom is 0.247 e. The third kappa shape index (κ3) is 2.40. The summed E-state index contributed by atoms with van der Waals surface area (Å²) in [5.74, 6) is 1.23. The van der Waals surface area contributed by atoms with Crippen molar-refractivity contribution < 1.29 is 4.42 Å². The van der Waals surface area contributed by atoms with Gasteiger partial charge in [0.1, 0.15) is 0 Å². The fourth-order valence-electron chi connectivity index (χ4n) is 2.15. The number of hydrogen-bond donors (Lipinski definition) is 1. The van der Waals surface area contributed by atoms with E-state index >= 15 is 0 Å². The quantitative estimate of drug-likeness (QED) is 0.904. The van der Waals surface area contributed by atoms with Gasteiger partial charge in [-0.25, -0.2) is 0 Å². The number of benzene rings is 1. The first-order valence-electron chi connectivity index (χ1n) is 6.15. The molecule has 1 unspecified atom stereocenters. The van der Waals surface area contributed by atoms with Gasteiger partial charge in [0, 0.05) is 10.6 Å². The molecule has 0 saturated carbocycles. The Balaban J connectivity index is 1.82. The Kier molecular flexibility index (Phi) is 3.30. The van der Waals surface area contributed by atoms with Crippen LogP contribution in [-0.2, 0) is 0 Å². The summed E-state index contributed by atoms with van der Waals surface area (Å²) in [6, 6.07) is 7.61. The molecule has 2 heterocycles. The van der Waals surface area contributed by atoms with Crippen LogP contribution in [0.3, 0.4) is 0 Å². The lowest BCUT2D eigenvalue weighted by molar-refractivity contribution is 0.342. The Hall–Kier alpha value is -1.39. The van der Waals surface area contributed by atoms with Crippen molar-refractivity contribution >= 4 is 11.6 Å². The molecule has 0 spiro atoms. The van der Waals surface area contributed by atoms with Gasteiger partial charge in [0.2, 0.25) is 11.8 Å². The van der Waals surface area contributed by atoms with Gasteiger partial charge in [-0.15, -0.1) is 10.2 Å². The maximum atomic E-state index is 5.85. The van der Waals surface area contributed by atoms with Gasteiger partial charge in [0.15, 0.2) is 0 Å². The zero-order chi connectivity index (χ0) is 12.4. The van der Waals surface area contributed by atoms with Crippen molar-refractivity contribution in [2.24, 2.45) is 0 Å². The second-order valence-corrected chi connectivity index (χ2v) is 4.89. The first kappa shape index (κ1) is 11.7. The van der Waals surface area contributed by atoms with Gasteiger partial charge in [0.25, 0.3) is 0 Å². The Morgan fingerprint density at radius 1 is 1.17 bits per heavy atom. The minimum absolute atomic E-state index is 0.201. The molecule has 4 nitrogen and oxygen atoms in total. The van der Waals surface area contributed by atoms with E-state index in [4.69, 9.17) is 16.0 Å². The zero-order valence-electron chi connectivity index (χ0n) is 9.90. The first-order valence-corrected chi connectivity index (χ1v) is 6.53. The molecule has 5 heteroatoms. The third-order valence-corrected chi connectivity index (χ3v) is 3.39. The molecule has 3 rings (SSSR count). The van der Waals surface area contributed by atoms with Gasteiger partial charge in [-0.2, -0.15) is 0 Å². The fourth-order valence-corrected chi connectivity index (χ4v) is 2.27. The molecule has 94 valence electrons. The normalized spacial score (nSPS) is 19.9. The maximum absolute atomic E-state index is 5.85. The van der Waals surface area contributed by atoms with Gasteiger partial charge in [-0.05, 0) is 43.7 Å². The van der Waals surface area contributed by atoms with Crippen molar-refractivity contribution in [1.82, 2.24) is 15.5 Å². The highest BCUT2D eigenvalue weighted by atomic mass is 35.5. The number of nitrogens with one attached hydrogen (secondary N) is 1. The van der Waals surface area contributed by atoms with Crippen molar-refractivity contribution in [2.45, 2.75) is 25.3 Å². The largest absolute Gasteiger partial charge is 0.419 e. The van der Waals surface area contributed by atoms with Gasteiger partial charge < -0.3 is 9.73 Å². The molecule has 1 atom stereocenters. The van der Waals surface area contributed by atoms with Crippen LogP contribution in [0.25, 0.3) is 11.5 Å². The van der Waals surface area contributed by atoms with Crippen LogP contribution in [0.4, 0.5) is 0 Å². The van der Waals surface area contributed by atoms with E-state index in [1.165, 1.54) is 12.8 Å². The molecule has 1 aliphatic heterocycles. The predicted octanol–water partition coefficient (Wildman–Crippen LogP) is 3.20. The first-order chi connectivity index (χ1) is 8.83. The van der Waals surface area contributed by atoms with E-state index in [-0.39, 0.29) is 6.04 Å². The average Bonchev–Trinajstić information content (AvgIpc) is 2.90. The van der Waals surface area contributed by atoms with E-state index in [9.17, 15) is 0 Å². The van der Waals surface area contributed by atoms with Crippen molar-refractivity contribution in [3.63, 3.8) is 0 Å². The SMILES string of the molecule is Clc1ccc(-c2nnc(C3CCCCN3)o2)cc1. The molecule has 2 aromatic rings. The minimum Gasteiger partial charge on any atom is -0.419 e. The summed E-state index contributed by atoms with van der Waals surface area (Å²) >= 11 is 5.85. The summed E-state index contributed by atoms with van der Waals surface area (Å²) in [5, 5.41) is 12.3. The minimum atomic E-state index is 0.201. The molecule has 0 aliphatic carbocycles. The number of halogens is 1. The molecular formula is C13H14ClN3O. The van der Waals surface area contributed by atoms with Gasteiger partial charge in [-0.1, -0.05) is 18.0 Å². The number of nitrogens with zero attached hydrogens (tertiary/aromatic N) is 2. The summed E-state index contributed by atoms with van der Waals surface area (Å²) in [4.78, 5) is 0. The van der Waals surface area contributed by atoms with Crippen LogP contribution in [0.15, 0.2) is 28.7 Å². The molecule has 18 heavy (non-hydrogen) atoms. The number of rotatable bonds is 2. The lowest BCUT2D eigenvalue weighted by Crippen LogP contribution is -2.26. The number of aromatic nitrogens is 2. The highest BCUT2D eigenvalue weighted by molar-refractivity contribution is 6.30. The molecule has 1 fully saturated rings. The van der Waals surface area contributed by atoms with Crippen LogP contribution in [-0.4, -0.2) is 16.7 Å². The lowest BCUT2D eigenvalue weighted by Gasteiger charge is -2.19. The number of piperidine rings is 1. The van der Waals surface area contributed by atoms with E-state index < -0.39 is 0 Å². The molecule has 1 aromatic heterocycles. The van der Waals surface area contributed by atoms with Crippen molar-refractivity contribution in [1.29, 1.82) is 0 Å². The van der Waals surface area contributed by atoms with Crippen LogP contribution >= 0.6 is 11.6 Å². The van der Waals surface area contributed by atoms with Gasteiger partial charge in [-0.3, -0.25) is 0 Å². The van der Waals surface area contributed by atoms with Crippen LogP contribution < -0.4 is 5.32 Å². The molecule has 0 radical (unpaired) electrons. The molecule has 0 bridgehead atoms. The third-order valence-electron chi connectivity index (χ3n) is 3.14. The highest BCUT2D eigenvalue weighted by Gasteiger charge is 2.20. The predicted molar refractivity (Wildman–Crippen MR) is 69.3 cm³/mol. The smallest absolute Gasteiger partial charge is 0.247 e. The lowest BCUT2D eigenvalue weighted by atomic mass is 10.1. The monoisotopic (exact) mass is 263 g/mol. The molecule has 1 aromatic carbocycles. The van der Waals surface area contributed by atoms with E-state index in [0.717, 1.165) is 18.5 Å². The standard InChI is InChI=1S/C13H14ClN3O/c14-10-6-4-9(5-7-10)12-16-17-13(18-12)11-3-1-2-8-15-11/h4-7,11,15H,1-3,8H2. The van der Waals surface area contributed by atoms with Crippen molar-refractivity contribution in [3.05, 3.63) is 35.2 Å². The van der Waals surface area contributed by atoms with Crippen LogP contribution in [0, 0.1) is 0 Å². The molecular weight excluding hydrogens is 250 g/mol. The van der Waals surface area contributed by atoms with Crippen LogP contribution in [0.5, 0.6) is 0 Å². The second-order valence-electron chi connectivity index (χ2n) is 4.45. The molecule has 1 saturated heterocycles. The van der Waals surface area contributed by atoms with Crippen LogP contribution in [0.2, 0.25) is 5.02 Å². The number of hydrogen-bond acceptors (Lipinski definition) is 4. The summed E-state index contributed by atoms with van der Waals surface area (Å²) in [5.41, 5.74) is 0.897. The van der Waals surface area contributed by atoms with E-state index in [0.29, 0.717) is 16.8 Å². The summed E-state index contributed by atoms with van der Waals surface area (Å²) in [7, 11) is 0. The Bertz CT molecular complexity index is 517. The Morgan fingerprint density at radius 3 is 2.72 bits per heavy atom. The summed E-state index contributed by atoms with van der Waals surface area (Å²) < 4.78 is 5.72. The zero-order valence-corrected chi connectivity index (χ0v) is 10.7. The second kappa shape index (κ2) is 5.08. The van der Waals surface area contributed by atoms with Crippen LogP contribution in [0.1, 0.15) is 31.2 Å². The Labute approximate surface area is 110 Å². The van der Waals surface area contributed by atoms with Crippen molar-refractivity contribution in [3.8, 4) is 11.5 Å². The van der Waals surface area contributed by atoms with Gasteiger partial charge in [0.05, 0.1) is 6.04 Å². The Morgan fingerprint density at radius 2 is 2.00 bits per heavy atom. The fraction of sp³-hybridized carbons (Fsp3) is 0.385.